The summed E-state index contributed by atoms with van der Waals surface area (Å²) in [5.74, 6) is -6.53. The highest BCUT2D eigenvalue weighted by Gasteiger charge is 2.48. The number of pyridine rings is 2. The fourth-order valence-electron chi connectivity index (χ4n) is 13.3. The number of carboxylic acid groups (broad SMARTS) is 1. The number of rotatable bonds is 17. The number of amides is 1. The maximum atomic E-state index is 15.3. The van der Waals surface area contributed by atoms with Gasteiger partial charge in [0.2, 0.25) is 16.7 Å². The summed E-state index contributed by atoms with van der Waals surface area (Å²) in [4.78, 5) is 88.5. The van der Waals surface area contributed by atoms with E-state index in [1.807, 2.05) is 85.7 Å². The molecule has 548 valence electrons. The number of carboxylic acids is 1. The number of aromatic nitrogens is 2. The minimum absolute atomic E-state index is 0. The molecule has 3 saturated heterocycles. The van der Waals surface area contributed by atoms with E-state index in [0.29, 0.717) is 51.0 Å². The van der Waals surface area contributed by atoms with Crippen LogP contribution in [-0.2, 0) is 35.1 Å². The Morgan fingerprint density at radius 3 is 1.65 bits per heavy atom. The lowest BCUT2D eigenvalue weighted by Crippen LogP contribution is -2.44. The van der Waals surface area contributed by atoms with Crippen molar-refractivity contribution >= 4 is 64.9 Å². The summed E-state index contributed by atoms with van der Waals surface area (Å²) in [6, 6.07) is 9.66. The van der Waals surface area contributed by atoms with Gasteiger partial charge < -0.3 is 63.4 Å². The van der Waals surface area contributed by atoms with Crippen LogP contribution in [0.25, 0.3) is 21.8 Å². The van der Waals surface area contributed by atoms with Crippen LogP contribution < -0.4 is 36.3 Å². The molecule has 2 aliphatic carbocycles. The van der Waals surface area contributed by atoms with Crippen molar-refractivity contribution in [2.75, 3.05) is 58.4 Å². The Morgan fingerprint density at radius 2 is 1.18 bits per heavy atom. The number of nitrogens with one attached hydrogen (secondary N) is 1. The minimum atomic E-state index is -3.48. The summed E-state index contributed by atoms with van der Waals surface area (Å²) in [7, 11) is -1.11. The van der Waals surface area contributed by atoms with E-state index < -0.39 is 106 Å². The average Bonchev–Trinajstić information content (AvgIpc) is 1.31. The van der Waals surface area contributed by atoms with Gasteiger partial charge in [0.15, 0.2) is 23.1 Å². The summed E-state index contributed by atoms with van der Waals surface area (Å²) >= 11 is 0. The third-order valence-electron chi connectivity index (χ3n) is 18.5. The Hall–Kier alpha value is -7.88. The van der Waals surface area contributed by atoms with Crippen LogP contribution in [-0.4, -0.2) is 139 Å². The standard InChI is InChI=1S/C21H25F2N3O4.C21H31NO4.C14H9BF5NO4.C13H25NO2.2CH4/c1-4-10-7-25(9-21(10,2)24)17-14(23)5-11-16(19(17)30-3)26(15-6-13(15)22)8-12(18(11)27)20(28)29;1-6-17-13-22(19(24)25-14-16-10-8-7-9-11-16)15-21(17,5)12-18(23)26-20(2,3)4;1-24-13-10(18)8(17)2-5-11(13)21(9-3-7(9)16)4-6(12(5)22)14(23)25-15(19)20;1-6-10-8-14-9-13(10,5)7-11(15)16-12(2,3)4;;/h5,8,10,13,15H,4,6-7,9,24H2,1-3H3,(H,28,29);7-11,17H,6,12-15H2,1-5H3;2,4,7,9H,3H2,1H3;10,14H,6-9H2,1-5H3;2*1H4/t10?,13-,15+,21?;;7-,9+;;;/m0.0.../s1. The van der Waals surface area contributed by atoms with Gasteiger partial charge in [0.1, 0.15) is 47.0 Å². The van der Waals surface area contributed by atoms with Crippen LogP contribution in [0.15, 0.2) is 64.4 Å². The first-order valence-corrected chi connectivity index (χ1v) is 32.5. The summed E-state index contributed by atoms with van der Waals surface area (Å²) in [6.07, 6.45) is 2.93. The van der Waals surface area contributed by atoms with Crippen LogP contribution in [0, 0.1) is 46.0 Å². The third kappa shape index (κ3) is 19.4. The molecule has 3 aliphatic heterocycles. The van der Waals surface area contributed by atoms with Crippen molar-refractivity contribution in [3.63, 3.8) is 0 Å². The lowest BCUT2D eigenvalue weighted by Gasteiger charge is -2.30. The number of nitrogens with zero attached hydrogens (tertiary/aromatic N) is 4. The van der Waals surface area contributed by atoms with E-state index in [-0.39, 0.29) is 108 Å². The van der Waals surface area contributed by atoms with Crippen LogP contribution >= 0.6 is 0 Å². The number of anilines is 1. The number of ether oxygens (including phenoxy) is 5. The van der Waals surface area contributed by atoms with Gasteiger partial charge in [-0.2, -0.15) is 4.39 Å². The second kappa shape index (κ2) is 32.6. The van der Waals surface area contributed by atoms with E-state index in [4.69, 9.17) is 29.4 Å². The van der Waals surface area contributed by atoms with Gasteiger partial charge in [0.05, 0.1) is 61.0 Å². The molecule has 5 aromatic rings. The topological polar surface area (TPSA) is 249 Å². The van der Waals surface area contributed by atoms with Crippen LogP contribution in [0.1, 0.15) is 181 Å². The number of carbonyl (C=O) groups excluding carboxylic acids is 4. The van der Waals surface area contributed by atoms with Gasteiger partial charge in [-0.25, -0.2) is 40.6 Å². The number of halogens is 7. The van der Waals surface area contributed by atoms with Crippen molar-refractivity contribution in [1.82, 2.24) is 19.4 Å². The molecule has 0 bridgehead atoms. The first kappa shape index (κ1) is 81.8. The number of hydrogen-bond donors (Lipinski definition) is 3. The Kier molecular flexibility index (Phi) is 27.0. The Bertz CT molecular complexity index is 3850. The molecule has 2 aromatic heterocycles. The Labute approximate surface area is 574 Å². The molecule has 5 heterocycles. The Balaban J connectivity index is 0.000000241. The minimum Gasteiger partial charge on any atom is -0.492 e. The van der Waals surface area contributed by atoms with E-state index in [2.05, 4.69) is 37.7 Å². The van der Waals surface area contributed by atoms with Crippen LogP contribution in [0.3, 0.4) is 0 Å². The van der Waals surface area contributed by atoms with E-state index in [0.717, 1.165) is 68.1 Å². The number of nitrogens with two attached hydrogens (primary N) is 1. The largest absolute Gasteiger partial charge is 0.798 e. The number of aromatic carboxylic acids is 1. The molecule has 4 N–H and O–H groups in total. The van der Waals surface area contributed by atoms with Gasteiger partial charge in [0, 0.05) is 68.9 Å². The molecule has 28 heteroatoms. The summed E-state index contributed by atoms with van der Waals surface area (Å²) in [5, 5.41) is 12.1. The first-order chi connectivity index (χ1) is 45.3. The van der Waals surface area contributed by atoms with Gasteiger partial charge in [-0.05, 0) is 102 Å². The second-order valence-electron chi connectivity index (χ2n) is 28.5. The number of esters is 2. The van der Waals surface area contributed by atoms with Crippen molar-refractivity contribution in [3.8, 4) is 11.5 Å². The number of hydrogen-bond acceptors (Lipinski definition) is 16. The predicted octanol–water partition coefficient (Wildman–Crippen LogP) is 13.4. The maximum absolute atomic E-state index is 15.3. The number of fused-ring (bicyclic) bond motifs is 2. The zero-order chi connectivity index (χ0) is 72.2. The molecule has 2 saturated carbocycles. The van der Waals surface area contributed by atoms with E-state index in [1.165, 1.54) is 11.7 Å². The number of methoxy groups -OCH3 is 2. The molecule has 99 heavy (non-hydrogen) atoms. The maximum Gasteiger partial charge on any atom is 0.798 e. The number of benzene rings is 3. The SMILES string of the molecule is C.C.CCC1CN(C(=O)OCc2ccccc2)CC1(C)CC(=O)OC(C)(C)C.CCC1CN(c2c(F)cc3c(=O)c(C(=O)O)cn([C@@H]4C[C@@H]4F)c3c2OC)CC1(C)N.CCC1CNCC1(C)CC(=O)OC(C)(C)C.COc1c(F)c(F)cc2c(=O)c(C(=O)OB(F)F)cn([C@@H]3C[C@@H]3F)c12. The lowest BCUT2D eigenvalue weighted by molar-refractivity contribution is -0.159. The molecular formula is C71H98BF7N6O14. The van der Waals surface area contributed by atoms with Crippen LogP contribution in [0.5, 0.6) is 11.5 Å². The van der Waals surface area contributed by atoms with Crippen LogP contribution in [0.4, 0.5) is 41.1 Å². The molecular weight excluding hydrogens is 1300 g/mol. The van der Waals surface area contributed by atoms with E-state index >= 15 is 4.39 Å². The highest BCUT2D eigenvalue weighted by atomic mass is 19.2. The van der Waals surface area contributed by atoms with Crippen molar-refractivity contribution in [1.29, 1.82) is 0 Å². The summed E-state index contributed by atoms with van der Waals surface area (Å²) in [6.45, 7) is 28.0. The predicted molar refractivity (Wildman–Crippen MR) is 365 cm³/mol. The summed E-state index contributed by atoms with van der Waals surface area (Å²) in [5.41, 5.74) is 2.48. The molecule has 6 unspecified atom stereocenters. The zero-order valence-corrected chi connectivity index (χ0v) is 57.5. The summed E-state index contributed by atoms with van der Waals surface area (Å²) < 4.78 is 128. The van der Waals surface area contributed by atoms with Gasteiger partial charge in [0.25, 0.3) is 0 Å². The van der Waals surface area contributed by atoms with Gasteiger partial charge in [-0.15, -0.1) is 0 Å². The van der Waals surface area contributed by atoms with Gasteiger partial charge in [-0.3, -0.25) is 19.2 Å². The molecule has 10 rings (SSSR count). The lowest BCUT2D eigenvalue weighted by atomic mass is 9.76. The van der Waals surface area contributed by atoms with E-state index in [9.17, 15) is 64.9 Å². The molecule has 0 radical (unpaired) electrons. The average molecular weight is 1400 g/mol. The molecule has 3 aromatic carbocycles. The molecule has 5 fully saturated rings. The van der Waals surface area contributed by atoms with Crippen LogP contribution in [0.2, 0.25) is 0 Å². The highest BCUT2D eigenvalue weighted by Crippen LogP contribution is 2.48. The van der Waals surface area contributed by atoms with E-state index in [1.54, 1.807) is 9.80 Å². The molecule has 10 atom stereocenters. The fourth-order valence-corrected chi connectivity index (χ4v) is 13.3. The van der Waals surface area contributed by atoms with Crippen molar-refractivity contribution in [2.24, 2.45) is 34.3 Å². The number of alkyl halides is 2. The monoisotopic (exact) mass is 1400 g/mol. The Morgan fingerprint density at radius 1 is 0.697 bits per heavy atom. The van der Waals surface area contributed by atoms with Crippen molar-refractivity contribution in [3.05, 3.63) is 109 Å². The van der Waals surface area contributed by atoms with Gasteiger partial charge >= 0.3 is 37.4 Å². The molecule has 5 aliphatic rings. The molecule has 20 nitrogen and oxygen atoms in total. The smallest absolute Gasteiger partial charge is 0.492 e. The third-order valence-corrected chi connectivity index (χ3v) is 18.5. The van der Waals surface area contributed by atoms with Crippen molar-refractivity contribution < 1.29 is 88.0 Å². The number of carbonyl (C=O) groups is 5. The molecule has 0 spiro atoms. The highest BCUT2D eigenvalue weighted by molar-refractivity contribution is 6.38. The van der Waals surface area contributed by atoms with Crippen molar-refractivity contribution in [2.45, 2.75) is 191 Å². The quantitative estimate of drug-likeness (QED) is 0.0339. The fraction of sp³-hybridized carbons (Fsp3) is 0.592. The molecule has 1 amide bonds. The first-order valence-electron chi connectivity index (χ1n) is 32.5. The second-order valence-corrected chi connectivity index (χ2v) is 28.5. The normalized spacial score (nSPS) is 24.3. The van der Waals surface area contributed by atoms with Gasteiger partial charge in [-0.1, -0.05) is 92.6 Å². The zero-order valence-electron chi connectivity index (χ0n) is 57.5. The number of likely N-dealkylation sites (tertiary alicyclic amines) is 1.